The standard InChI is InChI=1S/C17H22ClN9/c18-12-2-1-3-13(20)11(12)8-21-15-14-16(26-27-25-14)24-17(23-15)22-10-6-4-9(19)5-7-10/h1-3,9-10H,4-8,19-20H2,(H3,21,22,23,24,25,26,27). The van der Waals surface area contributed by atoms with E-state index in [1.165, 1.54) is 0 Å². The predicted octanol–water partition coefficient (Wildman–Crippen LogP) is 2.28. The number of hydrogen-bond acceptors (Lipinski definition) is 8. The van der Waals surface area contributed by atoms with E-state index in [4.69, 9.17) is 23.1 Å². The second kappa shape index (κ2) is 7.53. The SMILES string of the molecule is Nc1cccc(Cl)c1CNc1nc(NC2CCC(N)CC2)nc2n[nH]nc12. The summed E-state index contributed by atoms with van der Waals surface area (Å²) in [5.41, 5.74) is 14.5. The molecule has 0 spiro atoms. The van der Waals surface area contributed by atoms with Gasteiger partial charge in [0.2, 0.25) is 11.6 Å². The zero-order valence-corrected chi connectivity index (χ0v) is 15.5. The zero-order chi connectivity index (χ0) is 18.8. The van der Waals surface area contributed by atoms with E-state index in [0.29, 0.717) is 52.3 Å². The summed E-state index contributed by atoms with van der Waals surface area (Å²) >= 11 is 6.26. The van der Waals surface area contributed by atoms with Crippen LogP contribution in [0.2, 0.25) is 5.02 Å². The fraction of sp³-hybridized carbons (Fsp3) is 0.412. The van der Waals surface area contributed by atoms with Crippen molar-refractivity contribution in [3.8, 4) is 0 Å². The van der Waals surface area contributed by atoms with Crippen LogP contribution in [0.1, 0.15) is 31.2 Å². The highest BCUT2D eigenvalue weighted by molar-refractivity contribution is 6.31. The highest BCUT2D eigenvalue weighted by Gasteiger charge is 2.20. The van der Waals surface area contributed by atoms with Crippen LogP contribution in [0.3, 0.4) is 0 Å². The van der Waals surface area contributed by atoms with Crippen molar-refractivity contribution in [1.82, 2.24) is 25.4 Å². The summed E-state index contributed by atoms with van der Waals surface area (Å²) in [6.45, 7) is 0.419. The van der Waals surface area contributed by atoms with Gasteiger partial charge in [0.25, 0.3) is 0 Å². The van der Waals surface area contributed by atoms with Gasteiger partial charge in [-0.15, -0.1) is 5.10 Å². The van der Waals surface area contributed by atoms with E-state index in [9.17, 15) is 0 Å². The molecule has 1 aromatic carbocycles. The summed E-state index contributed by atoms with van der Waals surface area (Å²) in [7, 11) is 0. The van der Waals surface area contributed by atoms with Crippen LogP contribution in [0.5, 0.6) is 0 Å². The molecule has 7 N–H and O–H groups in total. The molecule has 2 aromatic heterocycles. The van der Waals surface area contributed by atoms with Crippen molar-refractivity contribution >= 4 is 40.2 Å². The Hall–Kier alpha value is -2.65. The van der Waals surface area contributed by atoms with Crippen LogP contribution in [0.15, 0.2) is 18.2 Å². The average Bonchev–Trinajstić information content (AvgIpc) is 3.12. The molecule has 10 heteroatoms. The first kappa shape index (κ1) is 17.7. The number of hydrogen-bond donors (Lipinski definition) is 5. The Morgan fingerprint density at radius 2 is 1.96 bits per heavy atom. The summed E-state index contributed by atoms with van der Waals surface area (Å²) in [6.07, 6.45) is 4.00. The number of halogens is 1. The number of anilines is 3. The average molecular weight is 388 g/mol. The fourth-order valence-corrected chi connectivity index (χ4v) is 3.56. The fourth-order valence-electron chi connectivity index (χ4n) is 3.31. The summed E-state index contributed by atoms with van der Waals surface area (Å²) in [5, 5.41) is 18.1. The lowest BCUT2D eigenvalue weighted by atomic mass is 9.92. The molecule has 9 nitrogen and oxygen atoms in total. The largest absolute Gasteiger partial charge is 0.398 e. The molecular weight excluding hydrogens is 366 g/mol. The minimum Gasteiger partial charge on any atom is -0.398 e. The van der Waals surface area contributed by atoms with Gasteiger partial charge in [0.15, 0.2) is 11.3 Å². The van der Waals surface area contributed by atoms with Gasteiger partial charge in [0.05, 0.1) is 0 Å². The Kier molecular flexibility index (Phi) is 4.95. The maximum absolute atomic E-state index is 6.26. The molecule has 0 aliphatic heterocycles. The van der Waals surface area contributed by atoms with Gasteiger partial charge in [0, 0.05) is 34.9 Å². The van der Waals surface area contributed by atoms with Gasteiger partial charge >= 0.3 is 0 Å². The van der Waals surface area contributed by atoms with E-state index in [1.807, 2.05) is 12.1 Å². The number of nitrogens with one attached hydrogen (secondary N) is 3. The van der Waals surface area contributed by atoms with Gasteiger partial charge in [0.1, 0.15) is 0 Å². The van der Waals surface area contributed by atoms with Crippen LogP contribution >= 0.6 is 11.6 Å². The number of fused-ring (bicyclic) bond motifs is 1. The zero-order valence-electron chi connectivity index (χ0n) is 14.7. The highest BCUT2D eigenvalue weighted by atomic mass is 35.5. The van der Waals surface area contributed by atoms with E-state index in [0.717, 1.165) is 31.2 Å². The molecule has 4 rings (SSSR count). The number of aromatic amines is 1. The summed E-state index contributed by atoms with van der Waals surface area (Å²) in [6, 6.07) is 6.04. The van der Waals surface area contributed by atoms with Crippen molar-refractivity contribution in [2.75, 3.05) is 16.4 Å². The van der Waals surface area contributed by atoms with Gasteiger partial charge in [-0.2, -0.15) is 20.3 Å². The first-order valence-electron chi connectivity index (χ1n) is 8.97. The van der Waals surface area contributed by atoms with Gasteiger partial charge in [-0.05, 0) is 37.8 Å². The van der Waals surface area contributed by atoms with Gasteiger partial charge < -0.3 is 22.1 Å². The highest BCUT2D eigenvalue weighted by Crippen LogP contribution is 2.26. The second-order valence-electron chi connectivity index (χ2n) is 6.81. The van der Waals surface area contributed by atoms with Crippen molar-refractivity contribution in [3.63, 3.8) is 0 Å². The minimum atomic E-state index is 0.292. The lowest BCUT2D eigenvalue weighted by Crippen LogP contribution is -2.33. The molecule has 2 heterocycles. The van der Waals surface area contributed by atoms with Gasteiger partial charge in [-0.1, -0.05) is 17.7 Å². The van der Waals surface area contributed by atoms with Gasteiger partial charge in [-0.25, -0.2) is 0 Å². The molecule has 1 fully saturated rings. The van der Waals surface area contributed by atoms with Crippen molar-refractivity contribution in [2.24, 2.45) is 5.73 Å². The number of benzene rings is 1. The Bertz CT molecular complexity index is 913. The molecule has 1 aliphatic rings. The predicted molar refractivity (Wildman–Crippen MR) is 107 cm³/mol. The summed E-state index contributed by atoms with van der Waals surface area (Å²) in [4.78, 5) is 9.04. The van der Waals surface area contributed by atoms with E-state index in [2.05, 4.69) is 36.0 Å². The van der Waals surface area contributed by atoms with Crippen LogP contribution in [0, 0.1) is 0 Å². The summed E-state index contributed by atoms with van der Waals surface area (Å²) < 4.78 is 0. The molecule has 1 aliphatic carbocycles. The van der Waals surface area contributed by atoms with Crippen LogP contribution in [-0.4, -0.2) is 37.5 Å². The number of H-pyrrole nitrogens is 1. The van der Waals surface area contributed by atoms with Crippen LogP contribution in [0.25, 0.3) is 11.2 Å². The van der Waals surface area contributed by atoms with Crippen molar-refractivity contribution < 1.29 is 0 Å². The van der Waals surface area contributed by atoms with Crippen molar-refractivity contribution in [1.29, 1.82) is 0 Å². The maximum atomic E-state index is 6.26. The molecule has 0 amide bonds. The smallest absolute Gasteiger partial charge is 0.227 e. The molecule has 142 valence electrons. The number of rotatable bonds is 5. The topological polar surface area (TPSA) is 143 Å². The van der Waals surface area contributed by atoms with E-state index in [1.54, 1.807) is 6.07 Å². The Balaban J connectivity index is 1.55. The molecule has 0 radical (unpaired) electrons. The van der Waals surface area contributed by atoms with Crippen molar-refractivity contribution in [2.45, 2.75) is 44.3 Å². The summed E-state index contributed by atoms with van der Waals surface area (Å²) in [5.74, 6) is 1.09. The Morgan fingerprint density at radius 1 is 1.15 bits per heavy atom. The minimum absolute atomic E-state index is 0.292. The molecule has 1 saturated carbocycles. The Labute approximate surface area is 161 Å². The first-order valence-corrected chi connectivity index (χ1v) is 9.35. The quantitative estimate of drug-likeness (QED) is 0.419. The normalized spacial score (nSPS) is 19.9. The first-order chi connectivity index (χ1) is 13.1. The number of nitrogen functional groups attached to an aromatic ring is 1. The van der Waals surface area contributed by atoms with E-state index >= 15 is 0 Å². The monoisotopic (exact) mass is 387 g/mol. The molecule has 0 atom stereocenters. The van der Waals surface area contributed by atoms with E-state index < -0.39 is 0 Å². The third-order valence-electron chi connectivity index (χ3n) is 4.88. The third kappa shape index (κ3) is 3.88. The van der Waals surface area contributed by atoms with Crippen molar-refractivity contribution in [3.05, 3.63) is 28.8 Å². The second-order valence-corrected chi connectivity index (χ2v) is 7.22. The molecule has 0 bridgehead atoms. The number of nitrogens with zero attached hydrogens (tertiary/aromatic N) is 4. The number of nitrogens with two attached hydrogens (primary N) is 2. The molecular formula is C17H22ClN9. The van der Waals surface area contributed by atoms with E-state index in [-0.39, 0.29) is 0 Å². The number of aromatic nitrogens is 5. The molecule has 0 unspecified atom stereocenters. The van der Waals surface area contributed by atoms with Crippen LogP contribution in [-0.2, 0) is 6.54 Å². The lowest BCUT2D eigenvalue weighted by Gasteiger charge is -2.26. The molecule has 3 aromatic rings. The third-order valence-corrected chi connectivity index (χ3v) is 5.23. The van der Waals surface area contributed by atoms with Crippen LogP contribution in [0.4, 0.5) is 17.5 Å². The Morgan fingerprint density at radius 3 is 2.74 bits per heavy atom. The van der Waals surface area contributed by atoms with Gasteiger partial charge in [-0.3, -0.25) is 0 Å². The molecule has 27 heavy (non-hydrogen) atoms. The molecule has 0 saturated heterocycles. The van der Waals surface area contributed by atoms with Crippen LogP contribution < -0.4 is 22.1 Å². The maximum Gasteiger partial charge on any atom is 0.227 e. The lowest BCUT2D eigenvalue weighted by molar-refractivity contribution is 0.410.